The lowest BCUT2D eigenvalue weighted by molar-refractivity contribution is 0.131. The molecule has 2 nitrogen and oxygen atoms in total. The third-order valence-electron chi connectivity index (χ3n) is 3.61. The zero-order valence-electron chi connectivity index (χ0n) is 10.8. The highest BCUT2D eigenvalue weighted by atomic mass is 19.1. The molecule has 1 rings (SSSR count). The van der Waals surface area contributed by atoms with E-state index >= 15 is 0 Å². The Bertz CT molecular complexity index is 175. The topological polar surface area (TPSA) is 15.3 Å². The molecule has 0 spiro atoms. The van der Waals surface area contributed by atoms with Crippen LogP contribution in [-0.4, -0.2) is 43.8 Å². The third-order valence-corrected chi connectivity index (χ3v) is 3.61. The van der Waals surface area contributed by atoms with Crippen LogP contribution in [0, 0.1) is 5.92 Å². The van der Waals surface area contributed by atoms with Crippen molar-refractivity contribution < 1.29 is 4.39 Å². The molecule has 0 bridgehead atoms. The van der Waals surface area contributed by atoms with E-state index in [0.717, 1.165) is 32.1 Å². The van der Waals surface area contributed by atoms with Crippen LogP contribution < -0.4 is 5.32 Å². The highest BCUT2D eigenvalue weighted by molar-refractivity contribution is 4.84. The van der Waals surface area contributed by atoms with Gasteiger partial charge < -0.3 is 10.2 Å². The van der Waals surface area contributed by atoms with Gasteiger partial charge in [-0.1, -0.05) is 20.3 Å². The monoisotopic (exact) mass is 230 g/mol. The van der Waals surface area contributed by atoms with E-state index in [4.69, 9.17) is 0 Å². The van der Waals surface area contributed by atoms with Crippen LogP contribution in [0.25, 0.3) is 0 Å². The number of halogens is 1. The van der Waals surface area contributed by atoms with Gasteiger partial charge in [0.15, 0.2) is 0 Å². The molecule has 2 unspecified atom stereocenters. The van der Waals surface area contributed by atoms with Crippen molar-refractivity contribution in [1.29, 1.82) is 0 Å². The standard InChI is InChI=1S/C13H27FN2/c1-3-8-15-13-6-10-16(9-5-7-14)11-12(13)4-2/h12-13,15H,3-11H2,1-2H3. The van der Waals surface area contributed by atoms with Gasteiger partial charge in [0.25, 0.3) is 0 Å². The molecule has 1 saturated heterocycles. The van der Waals surface area contributed by atoms with E-state index in [1.807, 2.05) is 0 Å². The summed E-state index contributed by atoms with van der Waals surface area (Å²) >= 11 is 0. The van der Waals surface area contributed by atoms with Crippen LogP contribution in [0.2, 0.25) is 0 Å². The van der Waals surface area contributed by atoms with E-state index in [9.17, 15) is 4.39 Å². The molecule has 1 fully saturated rings. The first-order valence-electron chi connectivity index (χ1n) is 6.83. The number of nitrogens with one attached hydrogen (secondary N) is 1. The zero-order valence-corrected chi connectivity index (χ0v) is 10.8. The molecule has 1 aliphatic heterocycles. The Labute approximate surface area is 99.6 Å². The van der Waals surface area contributed by atoms with Crippen molar-refractivity contribution in [2.45, 2.75) is 45.6 Å². The van der Waals surface area contributed by atoms with Gasteiger partial charge in [0.1, 0.15) is 0 Å². The average molecular weight is 230 g/mol. The predicted octanol–water partition coefficient (Wildman–Crippen LogP) is 2.45. The van der Waals surface area contributed by atoms with Gasteiger partial charge in [0.2, 0.25) is 0 Å². The van der Waals surface area contributed by atoms with Crippen molar-refractivity contribution in [2.24, 2.45) is 5.92 Å². The molecular weight excluding hydrogens is 203 g/mol. The van der Waals surface area contributed by atoms with Crippen molar-refractivity contribution in [3.05, 3.63) is 0 Å². The van der Waals surface area contributed by atoms with E-state index in [1.165, 1.54) is 19.3 Å². The van der Waals surface area contributed by atoms with E-state index < -0.39 is 0 Å². The van der Waals surface area contributed by atoms with E-state index in [0.29, 0.717) is 12.5 Å². The Morgan fingerprint density at radius 1 is 1.38 bits per heavy atom. The van der Waals surface area contributed by atoms with Crippen LogP contribution in [0.3, 0.4) is 0 Å². The maximum Gasteiger partial charge on any atom is 0.0906 e. The summed E-state index contributed by atoms with van der Waals surface area (Å²) in [6.45, 7) is 8.66. The largest absolute Gasteiger partial charge is 0.314 e. The zero-order chi connectivity index (χ0) is 11.8. The SMILES string of the molecule is CCCNC1CCN(CCCF)CC1CC. The van der Waals surface area contributed by atoms with Crippen molar-refractivity contribution >= 4 is 0 Å². The Balaban J connectivity index is 2.31. The van der Waals surface area contributed by atoms with Crippen molar-refractivity contribution in [2.75, 3.05) is 32.9 Å². The Kier molecular flexibility index (Phi) is 6.97. The Morgan fingerprint density at radius 2 is 2.19 bits per heavy atom. The van der Waals surface area contributed by atoms with Crippen molar-refractivity contribution in [1.82, 2.24) is 10.2 Å². The lowest BCUT2D eigenvalue weighted by Gasteiger charge is -2.38. The summed E-state index contributed by atoms with van der Waals surface area (Å²) in [5, 5.41) is 3.65. The highest BCUT2D eigenvalue weighted by Gasteiger charge is 2.26. The minimum atomic E-state index is -0.176. The van der Waals surface area contributed by atoms with Crippen LogP contribution in [0.1, 0.15) is 39.5 Å². The van der Waals surface area contributed by atoms with Gasteiger partial charge in [-0.2, -0.15) is 0 Å². The van der Waals surface area contributed by atoms with Crippen LogP contribution in [0.15, 0.2) is 0 Å². The fraction of sp³-hybridized carbons (Fsp3) is 1.00. The van der Waals surface area contributed by atoms with Gasteiger partial charge in [-0.05, 0) is 38.3 Å². The third kappa shape index (κ3) is 4.38. The van der Waals surface area contributed by atoms with Crippen molar-refractivity contribution in [3.8, 4) is 0 Å². The molecule has 0 aliphatic carbocycles. The molecule has 16 heavy (non-hydrogen) atoms. The Hall–Kier alpha value is -0.150. The minimum Gasteiger partial charge on any atom is -0.314 e. The molecule has 3 heteroatoms. The molecule has 1 aliphatic rings. The molecule has 0 aromatic heterocycles. The molecule has 96 valence electrons. The summed E-state index contributed by atoms with van der Waals surface area (Å²) in [6, 6.07) is 0.687. The first-order chi connectivity index (χ1) is 7.81. The number of nitrogens with zero attached hydrogens (tertiary/aromatic N) is 1. The maximum atomic E-state index is 12.1. The van der Waals surface area contributed by atoms with Crippen LogP contribution in [-0.2, 0) is 0 Å². The number of alkyl halides is 1. The second kappa shape index (κ2) is 8.02. The number of rotatable bonds is 7. The summed E-state index contributed by atoms with van der Waals surface area (Å²) in [5.41, 5.74) is 0. The molecule has 0 aromatic carbocycles. The first-order valence-corrected chi connectivity index (χ1v) is 6.83. The van der Waals surface area contributed by atoms with Gasteiger partial charge >= 0.3 is 0 Å². The molecule has 1 heterocycles. The van der Waals surface area contributed by atoms with Gasteiger partial charge in [-0.25, -0.2) is 0 Å². The minimum absolute atomic E-state index is 0.176. The Morgan fingerprint density at radius 3 is 2.81 bits per heavy atom. The first kappa shape index (κ1) is 13.9. The summed E-state index contributed by atoms with van der Waals surface area (Å²) in [7, 11) is 0. The van der Waals surface area contributed by atoms with E-state index in [-0.39, 0.29) is 6.67 Å². The van der Waals surface area contributed by atoms with E-state index in [1.54, 1.807) is 0 Å². The normalized spacial score (nSPS) is 27.2. The molecule has 0 aromatic rings. The summed E-state index contributed by atoms with van der Waals surface area (Å²) in [6.07, 6.45) is 4.36. The lowest BCUT2D eigenvalue weighted by Crippen LogP contribution is -2.49. The second-order valence-electron chi connectivity index (χ2n) is 4.86. The summed E-state index contributed by atoms with van der Waals surface area (Å²) < 4.78 is 12.1. The van der Waals surface area contributed by atoms with Crippen LogP contribution in [0.5, 0.6) is 0 Å². The predicted molar refractivity (Wildman–Crippen MR) is 67.5 cm³/mol. The number of likely N-dealkylation sites (tertiary alicyclic amines) is 1. The number of hydrogen-bond donors (Lipinski definition) is 1. The average Bonchev–Trinajstić information content (AvgIpc) is 2.34. The number of hydrogen-bond acceptors (Lipinski definition) is 2. The van der Waals surface area contributed by atoms with Gasteiger partial charge in [-0.15, -0.1) is 0 Å². The number of piperidine rings is 1. The smallest absolute Gasteiger partial charge is 0.0906 e. The fourth-order valence-corrected chi connectivity index (χ4v) is 2.61. The quantitative estimate of drug-likeness (QED) is 0.722. The highest BCUT2D eigenvalue weighted by Crippen LogP contribution is 2.20. The van der Waals surface area contributed by atoms with Gasteiger partial charge in [0, 0.05) is 19.1 Å². The molecule has 0 saturated carbocycles. The van der Waals surface area contributed by atoms with Gasteiger partial charge in [0.05, 0.1) is 6.67 Å². The summed E-state index contributed by atoms with van der Waals surface area (Å²) in [4.78, 5) is 2.43. The summed E-state index contributed by atoms with van der Waals surface area (Å²) in [5.74, 6) is 0.750. The maximum absolute atomic E-state index is 12.1. The fourth-order valence-electron chi connectivity index (χ4n) is 2.61. The lowest BCUT2D eigenvalue weighted by atomic mass is 9.89. The van der Waals surface area contributed by atoms with Gasteiger partial charge in [-0.3, -0.25) is 4.39 Å². The molecular formula is C13H27FN2. The van der Waals surface area contributed by atoms with Crippen LogP contribution in [0.4, 0.5) is 4.39 Å². The molecule has 0 radical (unpaired) electrons. The van der Waals surface area contributed by atoms with E-state index in [2.05, 4.69) is 24.1 Å². The molecule has 1 N–H and O–H groups in total. The van der Waals surface area contributed by atoms with Crippen molar-refractivity contribution in [3.63, 3.8) is 0 Å². The molecule has 0 amide bonds. The molecule has 2 atom stereocenters. The second-order valence-corrected chi connectivity index (χ2v) is 4.86. The van der Waals surface area contributed by atoms with Crippen LogP contribution >= 0.6 is 0 Å².